The fraction of sp³-hybridized carbons (Fsp3) is 0.333. The zero-order valence-electron chi connectivity index (χ0n) is 19.0. The van der Waals surface area contributed by atoms with Crippen LogP contribution in [0.4, 0.5) is 0 Å². The number of nitrogens with two attached hydrogens (primary N) is 2. The van der Waals surface area contributed by atoms with E-state index in [0.717, 1.165) is 46.5 Å². The van der Waals surface area contributed by atoms with Gasteiger partial charge in [0, 0.05) is 61.1 Å². The van der Waals surface area contributed by atoms with Crippen molar-refractivity contribution in [2.75, 3.05) is 34.2 Å². The lowest BCUT2D eigenvalue weighted by Crippen LogP contribution is -2.41. The van der Waals surface area contributed by atoms with Crippen LogP contribution in [0, 0.1) is 6.92 Å². The molecule has 0 spiro atoms. The Morgan fingerprint density at radius 1 is 1.22 bits per heavy atom. The summed E-state index contributed by atoms with van der Waals surface area (Å²) in [5.41, 5.74) is 17.8. The molecule has 0 fully saturated rings. The highest BCUT2D eigenvalue weighted by atomic mass is 35.5. The number of nitrogens with zero attached hydrogens (tertiary/aromatic N) is 4. The average molecular weight is 452 g/mol. The third-order valence-corrected chi connectivity index (χ3v) is 6.26. The average Bonchev–Trinajstić information content (AvgIpc) is 3.17. The van der Waals surface area contributed by atoms with Gasteiger partial charge in [-0.3, -0.25) is 0 Å². The summed E-state index contributed by atoms with van der Waals surface area (Å²) in [6, 6.07) is 6.15. The van der Waals surface area contributed by atoms with Crippen molar-refractivity contribution in [3.8, 4) is 11.3 Å². The number of aromatic amines is 1. The van der Waals surface area contributed by atoms with Crippen molar-refractivity contribution in [1.29, 1.82) is 0 Å². The number of fused-ring (bicyclic) bond motifs is 1. The quantitative estimate of drug-likeness (QED) is 0.531. The van der Waals surface area contributed by atoms with Crippen molar-refractivity contribution >= 4 is 22.5 Å². The van der Waals surface area contributed by atoms with Crippen LogP contribution in [0.15, 0.2) is 54.1 Å². The van der Waals surface area contributed by atoms with Gasteiger partial charge in [-0.25, -0.2) is 9.97 Å². The van der Waals surface area contributed by atoms with Gasteiger partial charge in [0.15, 0.2) is 5.82 Å². The monoisotopic (exact) mass is 451 g/mol. The van der Waals surface area contributed by atoms with E-state index in [2.05, 4.69) is 52.9 Å². The van der Waals surface area contributed by atoms with Crippen LogP contribution >= 0.6 is 11.6 Å². The normalized spacial score (nSPS) is 18.7. The first-order valence-corrected chi connectivity index (χ1v) is 11.0. The number of aryl methyl sites for hydroxylation is 1. The summed E-state index contributed by atoms with van der Waals surface area (Å²) in [6.07, 6.45) is 7.90. The van der Waals surface area contributed by atoms with Gasteiger partial charge < -0.3 is 26.3 Å². The van der Waals surface area contributed by atoms with E-state index in [1.54, 1.807) is 6.20 Å². The summed E-state index contributed by atoms with van der Waals surface area (Å²) in [5.74, 6) is 0.494. The molecule has 0 amide bonds. The molecule has 1 aliphatic carbocycles. The molecule has 5 N–H and O–H groups in total. The Labute approximate surface area is 193 Å². The molecular formula is C24H30ClN7. The number of allylic oxidation sites excluding steroid dienone is 1. The second-order valence-corrected chi connectivity index (χ2v) is 9.18. The molecule has 1 aliphatic rings. The first-order chi connectivity index (χ1) is 15.2. The SMILES string of the molecule is Cc1cccc2c(-c3nc(C4(N)C=CC(N(C)CCN(C)C)=C(N)C4)ncc3Cl)c[nH]c12. The fourth-order valence-electron chi connectivity index (χ4n) is 4.08. The van der Waals surface area contributed by atoms with E-state index in [0.29, 0.717) is 23.0 Å². The summed E-state index contributed by atoms with van der Waals surface area (Å²) in [6.45, 7) is 3.87. The van der Waals surface area contributed by atoms with Crippen molar-refractivity contribution in [1.82, 2.24) is 24.8 Å². The van der Waals surface area contributed by atoms with Gasteiger partial charge in [0.1, 0.15) is 5.54 Å². The minimum atomic E-state index is -0.905. The predicted octanol–water partition coefficient (Wildman–Crippen LogP) is 3.36. The lowest BCUT2D eigenvalue weighted by Gasteiger charge is -2.32. The smallest absolute Gasteiger partial charge is 0.153 e. The number of para-hydroxylation sites is 1. The summed E-state index contributed by atoms with van der Waals surface area (Å²) < 4.78 is 0. The van der Waals surface area contributed by atoms with Gasteiger partial charge in [-0.15, -0.1) is 0 Å². The number of hydrogen-bond acceptors (Lipinski definition) is 6. The molecule has 0 saturated heterocycles. The zero-order chi connectivity index (χ0) is 23.0. The number of benzene rings is 1. The molecule has 4 rings (SSSR count). The Hall–Kier alpha value is -2.87. The molecule has 0 radical (unpaired) electrons. The molecule has 2 aromatic heterocycles. The van der Waals surface area contributed by atoms with Crippen molar-refractivity contribution < 1.29 is 0 Å². The molecule has 0 aliphatic heterocycles. The van der Waals surface area contributed by atoms with Crippen molar-refractivity contribution in [2.45, 2.75) is 18.9 Å². The number of H-pyrrole nitrogens is 1. The lowest BCUT2D eigenvalue weighted by atomic mass is 9.88. The maximum absolute atomic E-state index is 6.76. The molecule has 7 nitrogen and oxygen atoms in total. The third kappa shape index (κ3) is 4.11. The Morgan fingerprint density at radius 3 is 2.72 bits per heavy atom. The topological polar surface area (TPSA) is 100 Å². The second kappa shape index (κ2) is 8.58. The van der Waals surface area contributed by atoms with E-state index >= 15 is 0 Å². The second-order valence-electron chi connectivity index (χ2n) is 8.78. The lowest BCUT2D eigenvalue weighted by molar-refractivity contribution is 0.325. The first kappa shape index (κ1) is 22.3. The van der Waals surface area contributed by atoms with E-state index < -0.39 is 5.54 Å². The highest BCUT2D eigenvalue weighted by molar-refractivity contribution is 6.33. The van der Waals surface area contributed by atoms with Crippen molar-refractivity contribution in [2.24, 2.45) is 11.5 Å². The first-order valence-electron chi connectivity index (χ1n) is 10.6. The molecule has 3 aromatic rings. The maximum Gasteiger partial charge on any atom is 0.153 e. The van der Waals surface area contributed by atoms with Gasteiger partial charge >= 0.3 is 0 Å². The number of rotatable bonds is 6. The van der Waals surface area contributed by atoms with Crippen molar-refractivity contribution in [3.05, 3.63) is 70.5 Å². The van der Waals surface area contributed by atoms with Gasteiger partial charge in [0.05, 0.1) is 16.4 Å². The largest absolute Gasteiger partial charge is 0.400 e. The van der Waals surface area contributed by atoms with E-state index in [-0.39, 0.29) is 0 Å². The third-order valence-electron chi connectivity index (χ3n) is 5.98. The zero-order valence-corrected chi connectivity index (χ0v) is 19.7. The summed E-state index contributed by atoms with van der Waals surface area (Å²) in [4.78, 5) is 16.9. The van der Waals surface area contributed by atoms with E-state index in [4.69, 9.17) is 28.1 Å². The van der Waals surface area contributed by atoms with Gasteiger partial charge in [-0.1, -0.05) is 35.9 Å². The van der Waals surface area contributed by atoms with Crippen LogP contribution in [0.5, 0.6) is 0 Å². The van der Waals surface area contributed by atoms with E-state index in [1.807, 2.05) is 31.5 Å². The number of hydrogen-bond donors (Lipinski definition) is 3. The van der Waals surface area contributed by atoms with E-state index in [9.17, 15) is 0 Å². The summed E-state index contributed by atoms with van der Waals surface area (Å²) >= 11 is 6.52. The molecule has 0 bridgehead atoms. The fourth-order valence-corrected chi connectivity index (χ4v) is 4.27. The highest BCUT2D eigenvalue weighted by Crippen LogP contribution is 2.36. The molecule has 1 aromatic carbocycles. The standard InChI is InChI=1S/C24H30ClN7/c1-15-6-5-7-16-17(13-28-21(15)16)22-18(25)14-29-23(30-22)24(27)9-8-20(19(26)12-24)32(4)11-10-31(2)3/h5-9,13-14,28H,10-12,26-27H2,1-4H3. The molecule has 8 heteroatoms. The maximum atomic E-state index is 6.76. The van der Waals surface area contributed by atoms with Crippen LogP contribution in [0.3, 0.4) is 0 Å². The number of likely N-dealkylation sites (N-methyl/N-ethyl adjacent to an activating group) is 2. The molecule has 1 atom stereocenters. The van der Waals surface area contributed by atoms with Crippen LogP contribution in [-0.2, 0) is 5.54 Å². The van der Waals surface area contributed by atoms with Gasteiger partial charge in [0.2, 0.25) is 0 Å². The number of halogens is 1. The Balaban J connectivity index is 1.67. The Kier molecular flexibility index (Phi) is 5.99. The van der Waals surface area contributed by atoms with Gasteiger partial charge in [0.25, 0.3) is 0 Å². The van der Waals surface area contributed by atoms with E-state index in [1.165, 1.54) is 0 Å². The van der Waals surface area contributed by atoms with Crippen LogP contribution in [0.1, 0.15) is 17.8 Å². The van der Waals surface area contributed by atoms with Gasteiger partial charge in [-0.2, -0.15) is 0 Å². The predicted molar refractivity (Wildman–Crippen MR) is 131 cm³/mol. The molecule has 0 saturated carbocycles. The van der Waals surface area contributed by atoms with Gasteiger partial charge in [-0.05, 0) is 32.7 Å². The molecule has 32 heavy (non-hydrogen) atoms. The number of nitrogens with one attached hydrogen (secondary N) is 1. The van der Waals surface area contributed by atoms with Crippen LogP contribution in [-0.4, -0.2) is 59.0 Å². The van der Waals surface area contributed by atoms with Crippen LogP contribution in [0.25, 0.3) is 22.2 Å². The summed E-state index contributed by atoms with van der Waals surface area (Å²) in [5, 5.41) is 1.54. The number of aromatic nitrogens is 3. The Bertz CT molecular complexity index is 1210. The summed E-state index contributed by atoms with van der Waals surface area (Å²) in [7, 11) is 6.14. The molecular weight excluding hydrogens is 422 g/mol. The van der Waals surface area contributed by atoms with Crippen molar-refractivity contribution in [3.63, 3.8) is 0 Å². The van der Waals surface area contributed by atoms with Crippen LogP contribution < -0.4 is 11.5 Å². The minimum Gasteiger partial charge on any atom is -0.400 e. The molecule has 168 valence electrons. The van der Waals surface area contributed by atoms with Crippen LogP contribution in [0.2, 0.25) is 5.02 Å². The highest BCUT2D eigenvalue weighted by Gasteiger charge is 2.33. The molecule has 2 heterocycles. The molecule has 1 unspecified atom stereocenters. The Morgan fingerprint density at radius 2 is 2.00 bits per heavy atom. The minimum absolute atomic E-state index is 0.430.